The van der Waals surface area contributed by atoms with E-state index in [4.69, 9.17) is 0 Å². The second-order valence-corrected chi connectivity index (χ2v) is 5.05. The second-order valence-electron chi connectivity index (χ2n) is 5.05. The van der Waals surface area contributed by atoms with E-state index in [9.17, 15) is 5.26 Å². The Morgan fingerprint density at radius 1 is 1.27 bits per heavy atom. The van der Waals surface area contributed by atoms with Gasteiger partial charge in [-0.25, -0.2) is 0 Å². The van der Waals surface area contributed by atoms with Gasteiger partial charge < -0.3 is 0 Å². The van der Waals surface area contributed by atoms with Crippen LogP contribution in [-0.2, 0) is 11.8 Å². The Morgan fingerprint density at radius 2 is 1.87 bits per heavy atom. The largest absolute Gasteiger partial charge is 0.192 e. The lowest BCUT2D eigenvalue weighted by Crippen LogP contribution is -2.15. The smallest absolute Gasteiger partial charge is 0.0994 e. The maximum Gasteiger partial charge on any atom is 0.0994 e. The molecule has 0 atom stereocenters. The Bertz CT molecular complexity index is 403. The van der Waals surface area contributed by atoms with E-state index in [-0.39, 0.29) is 5.41 Å². The Balaban J connectivity index is 3.47. The third kappa shape index (κ3) is 2.39. The lowest BCUT2D eigenvalue weighted by Gasteiger charge is -2.23. The Kier molecular flexibility index (Phi) is 3.19. The zero-order valence-electron chi connectivity index (χ0n) is 10.3. The molecule has 0 saturated heterocycles. The van der Waals surface area contributed by atoms with Gasteiger partial charge in [-0.2, -0.15) is 5.26 Å². The van der Waals surface area contributed by atoms with Crippen molar-refractivity contribution in [3.63, 3.8) is 0 Å². The molecule has 0 N–H and O–H groups in total. The molecule has 80 valence electrons. The molecular formula is C14H19N. The Labute approximate surface area is 92.7 Å². The van der Waals surface area contributed by atoms with Crippen molar-refractivity contribution in [2.24, 2.45) is 0 Å². The van der Waals surface area contributed by atoms with Gasteiger partial charge in [-0.15, -0.1) is 0 Å². The van der Waals surface area contributed by atoms with Gasteiger partial charge in [-0.3, -0.25) is 0 Å². The quantitative estimate of drug-likeness (QED) is 0.679. The Hall–Kier alpha value is -1.29. The fraction of sp³-hybridized carbons (Fsp3) is 0.500. The molecule has 0 amide bonds. The molecule has 0 radical (unpaired) electrons. The molecule has 0 aromatic heterocycles. The van der Waals surface area contributed by atoms with Crippen molar-refractivity contribution in [3.8, 4) is 6.07 Å². The van der Waals surface area contributed by atoms with Crippen LogP contribution in [0.4, 0.5) is 0 Å². The maximum atomic E-state index is 9.18. The van der Waals surface area contributed by atoms with Gasteiger partial charge in [-0.1, -0.05) is 33.8 Å². The highest BCUT2D eigenvalue weighted by Gasteiger charge is 2.20. The minimum atomic E-state index is 0.0431. The van der Waals surface area contributed by atoms with E-state index >= 15 is 0 Å². The van der Waals surface area contributed by atoms with E-state index in [1.54, 1.807) is 0 Å². The molecule has 1 heteroatoms. The van der Waals surface area contributed by atoms with Crippen molar-refractivity contribution in [1.29, 1.82) is 5.26 Å². The molecule has 0 saturated carbocycles. The highest BCUT2D eigenvalue weighted by atomic mass is 14.3. The fourth-order valence-electron chi connectivity index (χ4n) is 2.15. The summed E-state index contributed by atoms with van der Waals surface area (Å²) < 4.78 is 0. The van der Waals surface area contributed by atoms with Crippen LogP contribution in [0.15, 0.2) is 12.1 Å². The summed E-state index contributed by atoms with van der Waals surface area (Å²) in [6, 6.07) is 6.53. The third-order valence-electron chi connectivity index (χ3n) is 2.67. The van der Waals surface area contributed by atoms with Crippen molar-refractivity contribution in [3.05, 3.63) is 34.4 Å². The standard InChI is InChI=1S/C14H19N/c1-6-11-7-10(2)13(14(3,4)5)12(8-11)9-15/h7-8H,6H2,1-5H3. The van der Waals surface area contributed by atoms with E-state index in [1.807, 2.05) is 6.07 Å². The molecule has 1 nitrogen and oxygen atoms in total. The van der Waals surface area contributed by atoms with Crippen molar-refractivity contribution in [2.75, 3.05) is 0 Å². The number of aryl methyl sites for hydroxylation is 2. The van der Waals surface area contributed by atoms with Crippen molar-refractivity contribution in [2.45, 2.75) is 46.5 Å². The number of hydrogen-bond acceptors (Lipinski definition) is 1. The van der Waals surface area contributed by atoms with Gasteiger partial charge in [0.25, 0.3) is 0 Å². The summed E-state index contributed by atoms with van der Waals surface area (Å²) in [5, 5.41) is 9.18. The lowest BCUT2D eigenvalue weighted by atomic mass is 9.80. The monoisotopic (exact) mass is 201 g/mol. The second kappa shape index (κ2) is 4.06. The van der Waals surface area contributed by atoms with Gasteiger partial charge >= 0.3 is 0 Å². The molecule has 0 aliphatic heterocycles. The zero-order valence-corrected chi connectivity index (χ0v) is 10.3. The van der Waals surface area contributed by atoms with E-state index < -0.39 is 0 Å². The molecule has 0 spiro atoms. The summed E-state index contributed by atoms with van der Waals surface area (Å²) in [7, 11) is 0. The van der Waals surface area contributed by atoms with Crippen LogP contribution in [-0.4, -0.2) is 0 Å². The average molecular weight is 201 g/mol. The zero-order chi connectivity index (χ0) is 11.6. The first-order valence-corrected chi connectivity index (χ1v) is 5.44. The van der Waals surface area contributed by atoms with Crippen LogP contribution in [0.1, 0.15) is 49.9 Å². The molecule has 15 heavy (non-hydrogen) atoms. The average Bonchev–Trinajstić information content (AvgIpc) is 2.14. The highest BCUT2D eigenvalue weighted by Crippen LogP contribution is 2.29. The van der Waals surface area contributed by atoms with Crippen LogP contribution in [0, 0.1) is 18.3 Å². The SMILES string of the molecule is CCc1cc(C)c(C(C)(C)C)c(C#N)c1. The van der Waals surface area contributed by atoms with Crippen molar-refractivity contribution in [1.82, 2.24) is 0 Å². The molecule has 1 aromatic carbocycles. The lowest BCUT2D eigenvalue weighted by molar-refractivity contribution is 0.584. The van der Waals surface area contributed by atoms with Gasteiger partial charge in [-0.05, 0) is 41.5 Å². The maximum absolute atomic E-state index is 9.18. The molecule has 1 rings (SSSR count). The van der Waals surface area contributed by atoms with Crippen molar-refractivity contribution >= 4 is 0 Å². The topological polar surface area (TPSA) is 23.8 Å². The van der Waals surface area contributed by atoms with Crippen LogP contribution in [0.5, 0.6) is 0 Å². The summed E-state index contributed by atoms with van der Waals surface area (Å²) in [4.78, 5) is 0. The number of nitriles is 1. The van der Waals surface area contributed by atoms with E-state index in [0.717, 1.165) is 12.0 Å². The first kappa shape index (κ1) is 11.8. The van der Waals surface area contributed by atoms with Gasteiger partial charge in [0.2, 0.25) is 0 Å². The predicted octanol–water partition coefficient (Wildman–Crippen LogP) is 3.73. The number of nitrogens with zero attached hydrogens (tertiary/aromatic N) is 1. The van der Waals surface area contributed by atoms with Crippen molar-refractivity contribution < 1.29 is 0 Å². The van der Waals surface area contributed by atoms with Gasteiger partial charge in [0.1, 0.15) is 0 Å². The molecule has 1 aromatic rings. The van der Waals surface area contributed by atoms with Crippen LogP contribution in [0.25, 0.3) is 0 Å². The first-order chi connectivity index (χ1) is 6.90. The minimum absolute atomic E-state index is 0.0431. The normalized spacial score (nSPS) is 11.2. The molecule has 0 aliphatic carbocycles. The summed E-state index contributed by atoms with van der Waals surface area (Å²) in [6.07, 6.45) is 0.986. The Morgan fingerprint density at radius 3 is 2.27 bits per heavy atom. The van der Waals surface area contributed by atoms with Crippen LogP contribution in [0.2, 0.25) is 0 Å². The molecule has 0 fully saturated rings. The minimum Gasteiger partial charge on any atom is -0.192 e. The molecule has 0 heterocycles. The van der Waals surface area contributed by atoms with E-state index in [0.29, 0.717) is 0 Å². The summed E-state index contributed by atoms with van der Waals surface area (Å²) in [5.74, 6) is 0. The molecular weight excluding hydrogens is 182 g/mol. The van der Waals surface area contributed by atoms with E-state index in [2.05, 4.69) is 46.8 Å². The fourth-order valence-corrected chi connectivity index (χ4v) is 2.15. The van der Waals surface area contributed by atoms with Crippen LogP contribution < -0.4 is 0 Å². The number of hydrogen-bond donors (Lipinski definition) is 0. The van der Waals surface area contributed by atoms with Crippen LogP contribution >= 0.6 is 0 Å². The van der Waals surface area contributed by atoms with Gasteiger partial charge in [0.15, 0.2) is 0 Å². The third-order valence-corrected chi connectivity index (χ3v) is 2.67. The molecule has 0 unspecified atom stereocenters. The first-order valence-electron chi connectivity index (χ1n) is 5.44. The predicted molar refractivity (Wildman–Crippen MR) is 64.0 cm³/mol. The van der Waals surface area contributed by atoms with Crippen LogP contribution in [0.3, 0.4) is 0 Å². The highest BCUT2D eigenvalue weighted by molar-refractivity contribution is 5.48. The summed E-state index contributed by atoms with van der Waals surface area (Å²) in [5.41, 5.74) is 4.54. The summed E-state index contributed by atoms with van der Waals surface area (Å²) in [6.45, 7) is 10.7. The molecule has 0 aliphatic rings. The summed E-state index contributed by atoms with van der Waals surface area (Å²) >= 11 is 0. The number of benzene rings is 1. The number of rotatable bonds is 1. The molecule has 0 bridgehead atoms. The van der Waals surface area contributed by atoms with Gasteiger partial charge in [0, 0.05) is 0 Å². The van der Waals surface area contributed by atoms with E-state index in [1.165, 1.54) is 16.7 Å². The van der Waals surface area contributed by atoms with Gasteiger partial charge in [0.05, 0.1) is 11.6 Å².